The molecule has 0 spiro atoms. The van der Waals surface area contributed by atoms with E-state index in [0.717, 1.165) is 0 Å². The highest BCUT2D eigenvalue weighted by molar-refractivity contribution is 6.33. The van der Waals surface area contributed by atoms with Crippen LogP contribution in [0, 0.1) is 0 Å². The van der Waals surface area contributed by atoms with Gasteiger partial charge in [-0.2, -0.15) is 0 Å². The zero-order valence-electron chi connectivity index (χ0n) is 7.57. The molecule has 2 rings (SSSR count). The quantitative estimate of drug-likeness (QED) is 0.558. The van der Waals surface area contributed by atoms with Crippen LogP contribution < -0.4 is 0 Å². The van der Waals surface area contributed by atoms with Gasteiger partial charge in [0, 0.05) is 0 Å². The van der Waals surface area contributed by atoms with Gasteiger partial charge >= 0.3 is 5.97 Å². The summed E-state index contributed by atoms with van der Waals surface area (Å²) in [6.45, 7) is 1.84. The number of rotatable bonds is 2. The largest absolute Gasteiger partial charge is 0.429 e. The van der Waals surface area contributed by atoms with E-state index in [-0.39, 0.29) is 6.10 Å². The van der Waals surface area contributed by atoms with Crippen LogP contribution in [0.1, 0.15) is 17.3 Å². The Morgan fingerprint density at radius 2 is 2.14 bits per heavy atom. The van der Waals surface area contributed by atoms with Gasteiger partial charge in [0.1, 0.15) is 6.10 Å². The van der Waals surface area contributed by atoms with Gasteiger partial charge in [-0.15, -0.1) is 0 Å². The molecular weight excluding hydrogens is 204 g/mol. The number of halogens is 1. The molecule has 0 aliphatic carbocycles. The lowest BCUT2D eigenvalue weighted by atomic mass is 10.2. The Balaban J connectivity index is 2.07. The maximum atomic E-state index is 11.5. The van der Waals surface area contributed by atoms with E-state index in [0.29, 0.717) is 10.6 Å². The molecule has 0 radical (unpaired) electrons. The topological polar surface area (TPSA) is 38.8 Å². The number of esters is 1. The zero-order valence-corrected chi connectivity index (χ0v) is 8.32. The van der Waals surface area contributed by atoms with Crippen LogP contribution in [-0.4, -0.2) is 18.4 Å². The molecule has 0 N–H and O–H groups in total. The van der Waals surface area contributed by atoms with E-state index in [2.05, 4.69) is 0 Å². The van der Waals surface area contributed by atoms with E-state index in [4.69, 9.17) is 21.1 Å². The van der Waals surface area contributed by atoms with Gasteiger partial charge in [-0.25, -0.2) is 4.79 Å². The summed E-state index contributed by atoms with van der Waals surface area (Å²) < 4.78 is 9.96. The molecule has 1 saturated heterocycles. The van der Waals surface area contributed by atoms with Crippen LogP contribution in [-0.2, 0) is 9.47 Å². The Morgan fingerprint density at radius 3 is 2.71 bits per heavy atom. The molecule has 14 heavy (non-hydrogen) atoms. The van der Waals surface area contributed by atoms with Crippen LogP contribution in [0.25, 0.3) is 0 Å². The number of hydrogen-bond acceptors (Lipinski definition) is 3. The number of benzene rings is 1. The molecule has 74 valence electrons. The van der Waals surface area contributed by atoms with Crippen LogP contribution in [0.15, 0.2) is 24.3 Å². The van der Waals surface area contributed by atoms with Crippen LogP contribution >= 0.6 is 11.6 Å². The number of ether oxygens (including phenoxy) is 2. The molecule has 0 bridgehead atoms. The normalized spacial score (nSPS) is 24.4. The second kappa shape index (κ2) is 3.59. The summed E-state index contributed by atoms with van der Waals surface area (Å²) in [4.78, 5) is 11.5. The molecule has 2 atom stereocenters. The summed E-state index contributed by atoms with van der Waals surface area (Å²) in [5.74, 6) is -0.440. The van der Waals surface area contributed by atoms with Gasteiger partial charge in [0.05, 0.1) is 10.6 Å². The first-order valence-corrected chi connectivity index (χ1v) is 4.67. The van der Waals surface area contributed by atoms with E-state index in [1.807, 2.05) is 6.92 Å². The number of carbonyl (C=O) groups is 1. The predicted octanol–water partition coefficient (Wildman–Crippen LogP) is 2.24. The SMILES string of the molecule is CC1OC1OC(=O)c1ccccc1Cl. The Morgan fingerprint density at radius 1 is 1.50 bits per heavy atom. The molecule has 1 aliphatic heterocycles. The number of hydrogen-bond donors (Lipinski definition) is 0. The molecule has 1 aromatic rings. The van der Waals surface area contributed by atoms with Crippen LogP contribution in [0.2, 0.25) is 5.02 Å². The van der Waals surface area contributed by atoms with E-state index in [1.54, 1.807) is 24.3 Å². The van der Waals surface area contributed by atoms with Gasteiger partial charge in [-0.05, 0) is 19.1 Å². The smallest absolute Gasteiger partial charge is 0.342 e. The lowest BCUT2D eigenvalue weighted by Gasteiger charge is -2.02. The summed E-state index contributed by atoms with van der Waals surface area (Å²) in [5.41, 5.74) is 0.372. The summed E-state index contributed by atoms with van der Waals surface area (Å²) in [5, 5.41) is 0.394. The molecule has 4 heteroatoms. The summed E-state index contributed by atoms with van der Waals surface area (Å²) in [7, 11) is 0. The van der Waals surface area contributed by atoms with Gasteiger partial charge in [-0.1, -0.05) is 23.7 Å². The van der Waals surface area contributed by atoms with Crippen molar-refractivity contribution in [1.82, 2.24) is 0 Å². The molecule has 1 fully saturated rings. The zero-order chi connectivity index (χ0) is 10.1. The lowest BCUT2D eigenvalue weighted by molar-refractivity contribution is 0.0297. The highest BCUT2D eigenvalue weighted by Gasteiger charge is 2.38. The second-order valence-electron chi connectivity index (χ2n) is 3.09. The van der Waals surface area contributed by atoms with Gasteiger partial charge < -0.3 is 9.47 Å². The predicted molar refractivity (Wildman–Crippen MR) is 51.2 cm³/mol. The third-order valence-electron chi connectivity index (χ3n) is 1.97. The van der Waals surface area contributed by atoms with Crippen molar-refractivity contribution in [2.75, 3.05) is 0 Å². The third-order valence-corrected chi connectivity index (χ3v) is 2.30. The Hall–Kier alpha value is -1.06. The standard InChI is InChI=1S/C10H9ClO3/c1-6-10(13-6)14-9(12)7-4-2-3-5-8(7)11/h2-6,10H,1H3. The van der Waals surface area contributed by atoms with Crippen LogP contribution in [0.3, 0.4) is 0 Å². The van der Waals surface area contributed by atoms with Crippen molar-refractivity contribution in [3.05, 3.63) is 34.9 Å². The number of epoxide rings is 1. The fraction of sp³-hybridized carbons (Fsp3) is 0.300. The molecule has 0 amide bonds. The summed E-state index contributed by atoms with van der Waals surface area (Å²) in [6, 6.07) is 6.77. The Bertz CT molecular complexity index is 364. The van der Waals surface area contributed by atoms with Gasteiger partial charge in [0.25, 0.3) is 0 Å². The van der Waals surface area contributed by atoms with E-state index in [1.165, 1.54) is 0 Å². The van der Waals surface area contributed by atoms with Crippen LogP contribution in [0.5, 0.6) is 0 Å². The minimum Gasteiger partial charge on any atom is -0.429 e. The molecule has 1 aliphatic rings. The minimum absolute atomic E-state index is 0.00133. The Kier molecular flexibility index (Phi) is 2.44. The minimum atomic E-state index is -0.440. The number of carbonyl (C=O) groups excluding carboxylic acids is 1. The van der Waals surface area contributed by atoms with Gasteiger partial charge in [-0.3, -0.25) is 0 Å². The van der Waals surface area contributed by atoms with Crippen LogP contribution in [0.4, 0.5) is 0 Å². The third kappa shape index (κ3) is 1.89. The van der Waals surface area contributed by atoms with Crippen molar-refractivity contribution in [2.45, 2.75) is 19.3 Å². The van der Waals surface area contributed by atoms with Gasteiger partial charge in [0.2, 0.25) is 6.29 Å². The molecule has 0 saturated carbocycles. The maximum Gasteiger partial charge on any atom is 0.342 e. The first-order valence-electron chi connectivity index (χ1n) is 4.29. The molecule has 1 heterocycles. The highest BCUT2D eigenvalue weighted by Crippen LogP contribution is 2.25. The fourth-order valence-corrected chi connectivity index (χ4v) is 1.30. The van der Waals surface area contributed by atoms with Crippen molar-refractivity contribution >= 4 is 17.6 Å². The Labute approximate surface area is 86.6 Å². The highest BCUT2D eigenvalue weighted by atomic mass is 35.5. The molecule has 3 nitrogen and oxygen atoms in total. The molecule has 2 unspecified atom stereocenters. The molecule has 0 aromatic heterocycles. The van der Waals surface area contributed by atoms with Crippen molar-refractivity contribution in [1.29, 1.82) is 0 Å². The van der Waals surface area contributed by atoms with Crippen molar-refractivity contribution < 1.29 is 14.3 Å². The van der Waals surface area contributed by atoms with E-state index >= 15 is 0 Å². The average Bonchev–Trinajstić information content (AvgIpc) is 2.82. The van der Waals surface area contributed by atoms with E-state index < -0.39 is 12.3 Å². The first-order chi connectivity index (χ1) is 6.68. The van der Waals surface area contributed by atoms with Crippen molar-refractivity contribution in [2.24, 2.45) is 0 Å². The molecule has 1 aromatic carbocycles. The molecular formula is C10H9ClO3. The summed E-state index contributed by atoms with van der Waals surface area (Å²) in [6.07, 6.45) is -0.403. The van der Waals surface area contributed by atoms with E-state index in [9.17, 15) is 4.79 Å². The average molecular weight is 213 g/mol. The lowest BCUT2D eigenvalue weighted by Crippen LogP contribution is -2.09. The van der Waals surface area contributed by atoms with Gasteiger partial charge in [0.15, 0.2) is 0 Å². The van der Waals surface area contributed by atoms with Crippen molar-refractivity contribution in [3.63, 3.8) is 0 Å². The fourth-order valence-electron chi connectivity index (χ4n) is 1.09. The summed E-state index contributed by atoms with van der Waals surface area (Å²) >= 11 is 5.82. The van der Waals surface area contributed by atoms with Crippen molar-refractivity contribution in [3.8, 4) is 0 Å². The maximum absolute atomic E-state index is 11.5. The first kappa shape index (κ1) is 9.49. The second-order valence-corrected chi connectivity index (χ2v) is 3.50. The monoisotopic (exact) mass is 212 g/mol.